The van der Waals surface area contributed by atoms with Crippen molar-refractivity contribution in [3.05, 3.63) is 46.2 Å². The summed E-state index contributed by atoms with van der Waals surface area (Å²) in [6.45, 7) is 2.16. The van der Waals surface area contributed by atoms with Gasteiger partial charge in [-0.3, -0.25) is 0 Å². The van der Waals surface area contributed by atoms with E-state index in [9.17, 15) is 4.79 Å². The number of carbonyl (C=O) groups excluding carboxylic acids is 1. The first-order valence-corrected chi connectivity index (χ1v) is 8.92. The van der Waals surface area contributed by atoms with Crippen LogP contribution in [0.3, 0.4) is 0 Å². The first-order chi connectivity index (χ1) is 10.1. The molecular formula is C16H20O3S2. The number of ether oxygens (including phenoxy) is 2. The van der Waals surface area contributed by atoms with Crippen molar-refractivity contribution in [2.24, 2.45) is 0 Å². The van der Waals surface area contributed by atoms with E-state index in [1.54, 1.807) is 37.6 Å². The Kier molecular flexibility index (Phi) is 8.08. The smallest absolute Gasteiger partial charge is 0.331 e. The summed E-state index contributed by atoms with van der Waals surface area (Å²) in [5.41, 5.74) is 1.78. The molecule has 0 atom stereocenters. The Bertz CT molecular complexity index is 513. The van der Waals surface area contributed by atoms with Crippen LogP contribution < -0.4 is 4.74 Å². The third kappa shape index (κ3) is 5.89. The molecule has 0 aliphatic carbocycles. The lowest BCUT2D eigenvalue weighted by Gasteiger charge is -2.07. The van der Waals surface area contributed by atoms with Gasteiger partial charge >= 0.3 is 5.97 Å². The number of rotatable bonds is 7. The molecule has 0 unspecified atom stereocenters. The van der Waals surface area contributed by atoms with Gasteiger partial charge in [0.25, 0.3) is 0 Å². The highest BCUT2D eigenvalue weighted by atomic mass is 32.2. The zero-order valence-electron chi connectivity index (χ0n) is 12.7. The molecule has 0 aliphatic heterocycles. The Hall–Kier alpha value is -1.33. The summed E-state index contributed by atoms with van der Waals surface area (Å²) in [6.07, 6.45) is 7.54. The second kappa shape index (κ2) is 9.58. The third-order valence-corrected chi connectivity index (χ3v) is 4.70. The fourth-order valence-corrected chi connectivity index (χ4v) is 2.79. The van der Waals surface area contributed by atoms with Gasteiger partial charge in [-0.1, -0.05) is 12.1 Å². The minimum absolute atomic E-state index is 0.332. The van der Waals surface area contributed by atoms with Crippen LogP contribution in [0, 0.1) is 0 Å². The third-order valence-electron chi connectivity index (χ3n) is 2.66. The highest BCUT2D eigenvalue weighted by Gasteiger charge is 2.06. The Labute approximate surface area is 134 Å². The van der Waals surface area contributed by atoms with E-state index in [4.69, 9.17) is 9.47 Å². The van der Waals surface area contributed by atoms with Gasteiger partial charge in [0.15, 0.2) is 0 Å². The molecule has 21 heavy (non-hydrogen) atoms. The number of esters is 1. The molecule has 0 aliphatic rings. The number of methoxy groups -OCH3 is 1. The van der Waals surface area contributed by atoms with E-state index in [0.717, 1.165) is 21.1 Å². The van der Waals surface area contributed by atoms with Crippen molar-refractivity contribution in [1.82, 2.24) is 0 Å². The maximum Gasteiger partial charge on any atom is 0.331 e. The highest BCUT2D eigenvalue weighted by Crippen LogP contribution is 2.29. The largest absolute Gasteiger partial charge is 0.497 e. The summed E-state index contributed by atoms with van der Waals surface area (Å²) in [5.74, 6) is 0.453. The summed E-state index contributed by atoms with van der Waals surface area (Å²) in [6, 6.07) is 7.61. The SMILES string of the molecule is CCOC(=O)/C=C(\C=C(SC)SC)c1ccc(OC)cc1. The first kappa shape index (κ1) is 17.7. The lowest BCUT2D eigenvalue weighted by molar-refractivity contribution is -0.137. The van der Waals surface area contributed by atoms with Crippen LogP contribution in [0.15, 0.2) is 40.7 Å². The van der Waals surface area contributed by atoms with Crippen molar-refractivity contribution in [3.63, 3.8) is 0 Å². The first-order valence-electron chi connectivity index (χ1n) is 6.47. The molecule has 0 bridgehead atoms. The van der Waals surface area contributed by atoms with Gasteiger partial charge in [0, 0.05) is 10.3 Å². The Morgan fingerprint density at radius 3 is 2.24 bits per heavy atom. The van der Waals surface area contributed by atoms with Gasteiger partial charge in [0.05, 0.1) is 13.7 Å². The molecule has 0 radical (unpaired) electrons. The van der Waals surface area contributed by atoms with Crippen LogP contribution in [0.5, 0.6) is 5.75 Å². The van der Waals surface area contributed by atoms with Crippen LogP contribution >= 0.6 is 23.5 Å². The maximum absolute atomic E-state index is 11.7. The minimum Gasteiger partial charge on any atom is -0.497 e. The van der Waals surface area contributed by atoms with Gasteiger partial charge in [-0.25, -0.2) is 4.79 Å². The van der Waals surface area contributed by atoms with E-state index in [0.29, 0.717) is 6.61 Å². The normalized spacial score (nSPS) is 11.0. The number of hydrogen-bond acceptors (Lipinski definition) is 5. The summed E-state index contributed by atoms with van der Waals surface area (Å²) in [4.78, 5) is 11.7. The molecular weight excluding hydrogens is 304 g/mol. The quantitative estimate of drug-likeness (QED) is 0.426. The number of benzene rings is 1. The van der Waals surface area contributed by atoms with E-state index in [-0.39, 0.29) is 5.97 Å². The van der Waals surface area contributed by atoms with Crippen LogP contribution in [-0.4, -0.2) is 32.2 Å². The lowest BCUT2D eigenvalue weighted by Crippen LogP contribution is -2.00. The lowest BCUT2D eigenvalue weighted by atomic mass is 10.1. The molecule has 0 heterocycles. The molecule has 1 rings (SSSR count). The standard InChI is InChI=1S/C16H20O3S2/c1-5-19-15(17)10-13(11-16(20-3)21-4)12-6-8-14(18-2)9-7-12/h6-11H,5H2,1-4H3/b13-10+. The zero-order valence-corrected chi connectivity index (χ0v) is 14.3. The highest BCUT2D eigenvalue weighted by molar-refractivity contribution is 8.21. The molecule has 0 amide bonds. The summed E-state index contributed by atoms with van der Waals surface area (Å²) in [7, 11) is 1.63. The Morgan fingerprint density at radius 2 is 1.76 bits per heavy atom. The maximum atomic E-state index is 11.7. The molecule has 0 N–H and O–H groups in total. The Morgan fingerprint density at radius 1 is 1.14 bits per heavy atom. The van der Waals surface area contributed by atoms with Gasteiger partial charge in [0.1, 0.15) is 5.75 Å². The van der Waals surface area contributed by atoms with Gasteiger partial charge < -0.3 is 9.47 Å². The van der Waals surface area contributed by atoms with E-state index in [1.165, 1.54) is 6.08 Å². The summed E-state index contributed by atoms with van der Waals surface area (Å²) < 4.78 is 11.3. The summed E-state index contributed by atoms with van der Waals surface area (Å²) >= 11 is 3.29. The van der Waals surface area contributed by atoms with Gasteiger partial charge in [0.2, 0.25) is 0 Å². The molecule has 0 spiro atoms. The number of allylic oxidation sites excluding steroid dienone is 2. The molecule has 114 valence electrons. The van der Waals surface area contributed by atoms with Crippen molar-refractivity contribution in [1.29, 1.82) is 0 Å². The predicted octanol–water partition coefficient (Wildman–Crippen LogP) is 4.21. The molecule has 3 nitrogen and oxygen atoms in total. The molecule has 1 aromatic carbocycles. The minimum atomic E-state index is -0.332. The predicted molar refractivity (Wildman–Crippen MR) is 92.7 cm³/mol. The fourth-order valence-electron chi connectivity index (χ4n) is 1.63. The van der Waals surface area contributed by atoms with Crippen molar-refractivity contribution in [3.8, 4) is 5.75 Å². The van der Waals surface area contributed by atoms with Crippen molar-refractivity contribution in [2.45, 2.75) is 6.92 Å². The molecule has 0 fully saturated rings. The van der Waals surface area contributed by atoms with Crippen molar-refractivity contribution >= 4 is 35.1 Å². The average Bonchev–Trinajstić information content (AvgIpc) is 2.51. The van der Waals surface area contributed by atoms with Crippen LogP contribution in [0.1, 0.15) is 12.5 Å². The van der Waals surface area contributed by atoms with Crippen molar-refractivity contribution < 1.29 is 14.3 Å². The van der Waals surface area contributed by atoms with Crippen LogP contribution in [0.25, 0.3) is 5.57 Å². The average molecular weight is 324 g/mol. The summed E-state index contributed by atoms with van der Waals surface area (Å²) in [5, 5.41) is 0. The number of carbonyl (C=O) groups is 1. The number of hydrogen-bond donors (Lipinski definition) is 0. The van der Waals surface area contributed by atoms with E-state index >= 15 is 0 Å². The van der Waals surface area contributed by atoms with E-state index in [1.807, 2.05) is 42.9 Å². The Balaban J connectivity index is 3.16. The van der Waals surface area contributed by atoms with Gasteiger partial charge in [-0.05, 0) is 48.8 Å². The van der Waals surface area contributed by atoms with Crippen LogP contribution in [0.4, 0.5) is 0 Å². The van der Waals surface area contributed by atoms with Crippen molar-refractivity contribution in [2.75, 3.05) is 26.2 Å². The topological polar surface area (TPSA) is 35.5 Å². The van der Waals surface area contributed by atoms with Crippen LogP contribution in [0.2, 0.25) is 0 Å². The van der Waals surface area contributed by atoms with Gasteiger partial charge in [-0.2, -0.15) is 0 Å². The monoisotopic (exact) mass is 324 g/mol. The molecule has 0 aromatic heterocycles. The molecule has 0 saturated heterocycles. The molecule has 1 aromatic rings. The number of thioether (sulfide) groups is 2. The fraction of sp³-hybridized carbons (Fsp3) is 0.312. The second-order valence-electron chi connectivity index (χ2n) is 3.95. The molecule has 0 saturated carbocycles. The zero-order chi connectivity index (χ0) is 15.7. The second-order valence-corrected chi connectivity index (χ2v) is 5.91. The van der Waals surface area contributed by atoms with E-state index in [2.05, 4.69) is 0 Å². The van der Waals surface area contributed by atoms with Crippen LogP contribution in [-0.2, 0) is 9.53 Å². The van der Waals surface area contributed by atoms with Gasteiger partial charge in [-0.15, -0.1) is 23.5 Å². The molecule has 5 heteroatoms. The van der Waals surface area contributed by atoms with E-state index < -0.39 is 0 Å².